The Bertz CT molecular complexity index is 610. The van der Waals surface area contributed by atoms with Gasteiger partial charge in [-0.05, 0) is 30.4 Å². The molecule has 3 rings (SSSR count). The van der Waals surface area contributed by atoms with E-state index in [0.717, 1.165) is 44.6 Å². The monoisotopic (exact) mass is 345 g/mol. The number of nitrogens with zero attached hydrogens (tertiary/aromatic N) is 2. The first-order valence-corrected chi connectivity index (χ1v) is 9.08. The summed E-state index contributed by atoms with van der Waals surface area (Å²) in [5, 5.41) is 9.11. The second-order valence-corrected chi connectivity index (χ2v) is 7.10. The highest BCUT2D eigenvalue weighted by Gasteiger charge is 2.30. The molecule has 0 radical (unpaired) electrons. The minimum atomic E-state index is -0.447. The maximum Gasteiger partial charge on any atom is 0.265 e. The first-order chi connectivity index (χ1) is 11.8. The lowest BCUT2D eigenvalue weighted by Gasteiger charge is -2.38. The quantitative estimate of drug-likeness (QED) is 0.488. The van der Waals surface area contributed by atoms with E-state index in [2.05, 4.69) is 27.4 Å². The molecule has 1 atom stereocenters. The Hall–Kier alpha value is -1.60. The zero-order chi connectivity index (χ0) is 16.8. The average Bonchev–Trinajstić information content (AvgIpc) is 2.65. The Morgan fingerprint density at radius 2 is 1.88 bits per heavy atom. The van der Waals surface area contributed by atoms with Crippen LogP contribution < -0.4 is 5.48 Å². The molecule has 1 aromatic rings. The largest absolute Gasteiger partial charge is 0.289 e. The zero-order valence-corrected chi connectivity index (χ0v) is 14.4. The zero-order valence-electron chi connectivity index (χ0n) is 13.6. The van der Waals surface area contributed by atoms with Crippen molar-refractivity contribution in [2.24, 2.45) is 0 Å². The van der Waals surface area contributed by atoms with Gasteiger partial charge < -0.3 is 0 Å². The number of piperazine rings is 1. The molecule has 24 heavy (non-hydrogen) atoms. The van der Waals surface area contributed by atoms with Crippen molar-refractivity contribution < 1.29 is 10.0 Å². The van der Waals surface area contributed by atoms with Crippen LogP contribution in [-0.2, 0) is 4.79 Å². The molecule has 6 heteroatoms. The molecule has 2 aliphatic rings. The third-order valence-electron chi connectivity index (χ3n) is 4.31. The van der Waals surface area contributed by atoms with Crippen LogP contribution in [0.2, 0.25) is 0 Å². The predicted octanol–water partition coefficient (Wildman–Crippen LogP) is 2.73. The fourth-order valence-electron chi connectivity index (χ4n) is 3.08. The van der Waals surface area contributed by atoms with Crippen molar-refractivity contribution in [1.29, 1.82) is 0 Å². The fourth-order valence-corrected chi connectivity index (χ4v) is 4.08. The lowest BCUT2D eigenvalue weighted by atomic mass is 10.0. The third-order valence-corrected chi connectivity index (χ3v) is 5.44. The molecule has 0 bridgehead atoms. The normalized spacial score (nSPS) is 20.5. The minimum absolute atomic E-state index is 0.375. The maximum absolute atomic E-state index is 12.2. The number of allylic oxidation sites excluding steroid dienone is 3. The number of hydroxylamine groups is 1. The standard InChI is InChI=1S/C18H23N3O2S/c22-18(19-23)17(15-7-3-1-4-8-15)20-11-13-21(14-12-20)24-16-9-5-2-6-10-16/h1,3-5,7-10,17,23H,2,6,11-14H2,(H,19,22). The topological polar surface area (TPSA) is 55.8 Å². The van der Waals surface area contributed by atoms with Crippen molar-refractivity contribution in [2.75, 3.05) is 26.2 Å². The van der Waals surface area contributed by atoms with Gasteiger partial charge in [-0.2, -0.15) is 0 Å². The maximum atomic E-state index is 12.2. The van der Waals surface area contributed by atoms with Gasteiger partial charge in [-0.15, -0.1) is 0 Å². The van der Waals surface area contributed by atoms with Crippen LogP contribution in [0.25, 0.3) is 0 Å². The lowest BCUT2D eigenvalue weighted by Crippen LogP contribution is -2.49. The van der Waals surface area contributed by atoms with E-state index in [-0.39, 0.29) is 5.91 Å². The molecule has 1 heterocycles. The molecule has 1 fully saturated rings. The molecule has 1 unspecified atom stereocenters. The summed E-state index contributed by atoms with van der Waals surface area (Å²) < 4.78 is 2.34. The number of nitrogens with one attached hydrogen (secondary N) is 1. The summed E-state index contributed by atoms with van der Waals surface area (Å²) in [6.07, 6.45) is 8.93. The smallest absolute Gasteiger partial charge is 0.265 e. The molecule has 5 nitrogen and oxygen atoms in total. The summed E-state index contributed by atoms with van der Waals surface area (Å²) in [6, 6.07) is 9.17. The second kappa shape index (κ2) is 8.48. The lowest BCUT2D eigenvalue weighted by molar-refractivity contribution is -0.135. The number of amides is 1. The molecule has 2 N–H and O–H groups in total. The Morgan fingerprint density at radius 1 is 1.12 bits per heavy atom. The van der Waals surface area contributed by atoms with Gasteiger partial charge in [0.2, 0.25) is 0 Å². The van der Waals surface area contributed by atoms with E-state index in [1.165, 1.54) is 4.91 Å². The summed E-state index contributed by atoms with van der Waals surface area (Å²) in [5.74, 6) is -0.375. The summed E-state index contributed by atoms with van der Waals surface area (Å²) in [4.78, 5) is 15.6. The first-order valence-electron chi connectivity index (χ1n) is 8.30. The minimum Gasteiger partial charge on any atom is -0.289 e. The van der Waals surface area contributed by atoms with Crippen molar-refractivity contribution in [2.45, 2.75) is 18.9 Å². The van der Waals surface area contributed by atoms with Crippen molar-refractivity contribution in [3.05, 3.63) is 59.0 Å². The Kier molecular flexibility index (Phi) is 6.09. The van der Waals surface area contributed by atoms with Gasteiger partial charge in [0.05, 0.1) is 0 Å². The van der Waals surface area contributed by atoms with Crippen LogP contribution in [0.1, 0.15) is 24.4 Å². The van der Waals surface area contributed by atoms with E-state index in [0.29, 0.717) is 0 Å². The molecular formula is C18H23N3O2S. The highest BCUT2D eigenvalue weighted by atomic mass is 32.2. The molecule has 1 saturated heterocycles. The van der Waals surface area contributed by atoms with Crippen molar-refractivity contribution in [3.8, 4) is 0 Å². The molecule has 0 spiro atoms. The van der Waals surface area contributed by atoms with E-state index in [1.54, 1.807) is 11.9 Å². The van der Waals surface area contributed by atoms with E-state index in [9.17, 15) is 4.79 Å². The molecule has 1 amide bonds. The molecule has 1 aliphatic heterocycles. The van der Waals surface area contributed by atoms with Gasteiger partial charge in [0.25, 0.3) is 5.91 Å². The van der Waals surface area contributed by atoms with E-state index >= 15 is 0 Å². The summed E-state index contributed by atoms with van der Waals surface area (Å²) in [6.45, 7) is 3.35. The van der Waals surface area contributed by atoms with Gasteiger partial charge in [-0.25, -0.2) is 9.79 Å². The Labute approximate surface area is 147 Å². The molecular weight excluding hydrogens is 322 g/mol. The molecule has 1 aliphatic carbocycles. The number of rotatable bonds is 5. The summed E-state index contributed by atoms with van der Waals surface area (Å²) in [7, 11) is 0. The Morgan fingerprint density at radius 3 is 2.50 bits per heavy atom. The highest BCUT2D eigenvalue weighted by molar-refractivity contribution is 8.01. The van der Waals surface area contributed by atoms with Crippen molar-refractivity contribution >= 4 is 17.9 Å². The van der Waals surface area contributed by atoms with Gasteiger partial charge in [-0.1, -0.05) is 48.6 Å². The van der Waals surface area contributed by atoms with Gasteiger partial charge in [-0.3, -0.25) is 14.9 Å². The van der Waals surface area contributed by atoms with Gasteiger partial charge in [0.1, 0.15) is 6.04 Å². The first kappa shape index (κ1) is 17.2. The van der Waals surface area contributed by atoms with Gasteiger partial charge in [0, 0.05) is 31.1 Å². The van der Waals surface area contributed by atoms with Crippen LogP contribution in [0, 0.1) is 0 Å². The SMILES string of the molecule is O=C(NO)C(c1ccccc1)N1CCN(SC2=CCCC=C2)CC1. The van der Waals surface area contributed by atoms with Crippen LogP contribution in [0.4, 0.5) is 0 Å². The number of hydrogen-bond donors (Lipinski definition) is 2. The van der Waals surface area contributed by atoms with Gasteiger partial charge in [0.15, 0.2) is 0 Å². The van der Waals surface area contributed by atoms with Crippen LogP contribution in [0.15, 0.2) is 53.5 Å². The highest BCUT2D eigenvalue weighted by Crippen LogP contribution is 2.29. The van der Waals surface area contributed by atoms with E-state index < -0.39 is 6.04 Å². The Balaban J connectivity index is 1.62. The molecule has 128 valence electrons. The summed E-state index contributed by atoms with van der Waals surface area (Å²) in [5.41, 5.74) is 2.73. The molecule has 0 saturated carbocycles. The van der Waals surface area contributed by atoms with Crippen LogP contribution in [0.5, 0.6) is 0 Å². The van der Waals surface area contributed by atoms with Crippen LogP contribution in [0.3, 0.4) is 0 Å². The number of carbonyl (C=O) groups is 1. The van der Waals surface area contributed by atoms with Crippen LogP contribution >= 0.6 is 11.9 Å². The number of hydrogen-bond acceptors (Lipinski definition) is 5. The number of carbonyl (C=O) groups excluding carboxylic acids is 1. The average molecular weight is 345 g/mol. The predicted molar refractivity (Wildman–Crippen MR) is 96.3 cm³/mol. The molecule has 0 aromatic heterocycles. The van der Waals surface area contributed by atoms with Crippen molar-refractivity contribution in [3.63, 3.8) is 0 Å². The molecule has 1 aromatic carbocycles. The second-order valence-electron chi connectivity index (χ2n) is 5.93. The van der Waals surface area contributed by atoms with Gasteiger partial charge >= 0.3 is 0 Å². The number of benzene rings is 1. The van der Waals surface area contributed by atoms with E-state index in [1.807, 2.05) is 35.8 Å². The van der Waals surface area contributed by atoms with E-state index in [4.69, 9.17) is 5.21 Å². The van der Waals surface area contributed by atoms with Crippen molar-refractivity contribution in [1.82, 2.24) is 14.7 Å². The third kappa shape index (κ3) is 4.27. The summed E-state index contributed by atoms with van der Waals surface area (Å²) >= 11 is 1.80. The van der Waals surface area contributed by atoms with Crippen LogP contribution in [-0.4, -0.2) is 46.5 Å². The fraction of sp³-hybridized carbons (Fsp3) is 0.389.